The lowest BCUT2D eigenvalue weighted by molar-refractivity contribution is -0.156. The molecule has 0 radical (unpaired) electrons. The standard InChI is InChI=1S/C14H19NO4/c1-10-5-7-11(8-6-10)19-9-12(16)15(4)14(2,3)13(17)18/h5-8H,9H2,1-4H3,(H,17,18). The molecule has 0 spiro atoms. The van der Waals surface area contributed by atoms with E-state index < -0.39 is 11.5 Å². The lowest BCUT2D eigenvalue weighted by atomic mass is 10.0. The summed E-state index contributed by atoms with van der Waals surface area (Å²) in [6, 6.07) is 7.30. The highest BCUT2D eigenvalue weighted by Crippen LogP contribution is 2.14. The SMILES string of the molecule is Cc1ccc(OCC(=O)N(C)C(C)(C)C(=O)O)cc1. The number of ether oxygens (including phenoxy) is 1. The molecule has 1 aromatic carbocycles. The summed E-state index contributed by atoms with van der Waals surface area (Å²) < 4.78 is 5.33. The minimum absolute atomic E-state index is 0.184. The van der Waals surface area contributed by atoms with Crippen molar-refractivity contribution in [1.82, 2.24) is 4.90 Å². The minimum atomic E-state index is -1.26. The van der Waals surface area contributed by atoms with Gasteiger partial charge in [0.15, 0.2) is 6.61 Å². The molecule has 0 heterocycles. The molecule has 19 heavy (non-hydrogen) atoms. The molecule has 1 aromatic rings. The van der Waals surface area contributed by atoms with Crippen LogP contribution in [0.3, 0.4) is 0 Å². The molecule has 5 heteroatoms. The second kappa shape index (κ2) is 5.73. The quantitative estimate of drug-likeness (QED) is 0.879. The van der Waals surface area contributed by atoms with Gasteiger partial charge in [0, 0.05) is 7.05 Å². The monoisotopic (exact) mass is 265 g/mol. The van der Waals surface area contributed by atoms with Crippen LogP contribution in [-0.2, 0) is 9.59 Å². The van der Waals surface area contributed by atoms with Gasteiger partial charge in [0.2, 0.25) is 0 Å². The second-order valence-electron chi connectivity index (χ2n) is 4.92. The predicted molar refractivity (Wildman–Crippen MR) is 71.2 cm³/mol. The van der Waals surface area contributed by atoms with Crippen LogP contribution in [0.25, 0.3) is 0 Å². The van der Waals surface area contributed by atoms with Gasteiger partial charge in [0.05, 0.1) is 0 Å². The zero-order valence-electron chi connectivity index (χ0n) is 11.6. The summed E-state index contributed by atoms with van der Waals surface area (Å²) in [6.07, 6.45) is 0. The van der Waals surface area contributed by atoms with Crippen LogP contribution in [0.4, 0.5) is 0 Å². The number of hydrogen-bond donors (Lipinski definition) is 1. The highest BCUT2D eigenvalue weighted by atomic mass is 16.5. The maximum Gasteiger partial charge on any atom is 0.329 e. The molecule has 0 bridgehead atoms. The predicted octanol–water partition coefficient (Wildman–Crippen LogP) is 1.70. The molecule has 0 fully saturated rings. The number of benzene rings is 1. The molecule has 1 amide bonds. The zero-order valence-corrected chi connectivity index (χ0v) is 11.6. The van der Waals surface area contributed by atoms with Gasteiger partial charge in [0.1, 0.15) is 11.3 Å². The molecular formula is C14H19NO4. The van der Waals surface area contributed by atoms with Crippen LogP contribution in [0.5, 0.6) is 5.75 Å². The van der Waals surface area contributed by atoms with Gasteiger partial charge in [-0.25, -0.2) is 4.79 Å². The van der Waals surface area contributed by atoms with Crippen molar-refractivity contribution in [3.63, 3.8) is 0 Å². The Labute approximate surface area is 112 Å². The van der Waals surface area contributed by atoms with Crippen molar-refractivity contribution in [3.8, 4) is 5.75 Å². The Hall–Kier alpha value is -2.04. The van der Waals surface area contributed by atoms with Gasteiger partial charge in [-0.1, -0.05) is 17.7 Å². The van der Waals surface area contributed by atoms with Crippen molar-refractivity contribution >= 4 is 11.9 Å². The number of carboxylic acid groups (broad SMARTS) is 1. The summed E-state index contributed by atoms with van der Waals surface area (Å²) in [5.41, 5.74) is -0.156. The van der Waals surface area contributed by atoms with E-state index in [0.717, 1.165) is 5.56 Å². The van der Waals surface area contributed by atoms with Crippen molar-refractivity contribution in [3.05, 3.63) is 29.8 Å². The summed E-state index contributed by atoms with van der Waals surface area (Å²) in [6.45, 7) is 4.71. The lowest BCUT2D eigenvalue weighted by Gasteiger charge is -2.31. The van der Waals surface area contributed by atoms with E-state index in [4.69, 9.17) is 9.84 Å². The molecule has 0 aromatic heterocycles. The number of aryl methyl sites for hydroxylation is 1. The van der Waals surface area contributed by atoms with E-state index in [9.17, 15) is 9.59 Å². The number of likely N-dealkylation sites (N-methyl/N-ethyl adjacent to an activating group) is 1. The summed E-state index contributed by atoms with van der Waals surface area (Å²) in [5.74, 6) is -0.854. The minimum Gasteiger partial charge on any atom is -0.484 e. The smallest absolute Gasteiger partial charge is 0.329 e. The molecular weight excluding hydrogens is 246 g/mol. The van der Waals surface area contributed by atoms with E-state index in [0.29, 0.717) is 5.75 Å². The van der Waals surface area contributed by atoms with Gasteiger partial charge >= 0.3 is 5.97 Å². The van der Waals surface area contributed by atoms with Gasteiger partial charge in [-0.3, -0.25) is 4.79 Å². The van der Waals surface area contributed by atoms with Gasteiger partial charge in [-0.2, -0.15) is 0 Å². The van der Waals surface area contributed by atoms with Crippen molar-refractivity contribution in [1.29, 1.82) is 0 Å². The van der Waals surface area contributed by atoms with Crippen molar-refractivity contribution in [2.24, 2.45) is 0 Å². The van der Waals surface area contributed by atoms with Gasteiger partial charge in [-0.05, 0) is 32.9 Å². The van der Waals surface area contributed by atoms with E-state index in [1.165, 1.54) is 25.8 Å². The van der Waals surface area contributed by atoms with Gasteiger partial charge in [-0.15, -0.1) is 0 Å². The molecule has 0 atom stereocenters. The number of aliphatic carboxylic acids is 1. The first-order valence-electron chi connectivity index (χ1n) is 5.94. The highest BCUT2D eigenvalue weighted by Gasteiger charge is 2.35. The summed E-state index contributed by atoms with van der Waals surface area (Å²) >= 11 is 0. The Balaban J connectivity index is 2.61. The van der Waals surface area contributed by atoms with Crippen molar-refractivity contribution in [2.45, 2.75) is 26.3 Å². The second-order valence-corrected chi connectivity index (χ2v) is 4.92. The molecule has 104 valence electrons. The van der Waals surface area contributed by atoms with E-state index in [1.807, 2.05) is 19.1 Å². The van der Waals surface area contributed by atoms with Gasteiger partial charge < -0.3 is 14.7 Å². The number of hydrogen-bond acceptors (Lipinski definition) is 3. The first-order chi connectivity index (χ1) is 8.75. The largest absolute Gasteiger partial charge is 0.484 e. The fourth-order valence-electron chi connectivity index (χ4n) is 1.33. The Morgan fingerprint density at radius 1 is 1.26 bits per heavy atom. The first-order valence-corrected chi connectivity index (χ1v) is 5.94. The third kappa shape index (κ3) is 3.71. The molecule has 0 saturated carbocycles. The van der Waals surface area contributed by atoms with E-state index in [-0.39, 0.29) is 12.5 Å². The van der Waals surface area contributed by atoms with Crippen LogP contribution in [-0.4, -0.2) is 41.1 Å². The molecule has 0 aliphatic heterocycles. The maximum atomic E-state index is 11.9. The van der Waals surface area contributed by atoms with E-state index in [2.05, 4.69) is 0 Å². The average Bonchev–Trinajstić information content (AvgIpc) is 2.36. The van der Waals surface area contributed by atoms with Crippen molar-refractivity contribution < 1.29 is 19.4 Å². The van der Waals surface area contributed by atoms with Crippen LogP contribution in [0.15, 0.2) is 24.3 Å². The van der Waals surface area contributed by atoms with Crippen LogP contribution in [0.1, 0.15) is 19.4 Å². The molecule has 1 N–H and O–H groups in total. The Kier molecular flexibility index (Phi) is 4.53. The normalized spacial score (nSPS) is 10.9. The third-order valence-corrected chi connectivity index (χ3v) is 3.12. The number of carboxylic acids is 1. The van der Waals surface area contributed by atoms with E-state index in [1.54, 1.807) is 12.1 Å². The summed E-state index contributed by atoms with van der Waals surface area (Å²) in [7, 11) is 1.45. The third-order valence-electron chi connectivity index (χ3n) is 3.12. The van der Waals surface area contributed by atoms with Crippen LogP contribution >= 0.6 is 0 Å². The van der Waals surface area contributed by atoms with Crippen LogP contribution < -0.4 is 4.74 Å². The Morgan fingerprint density at radius 2 is 1.79 bits per heavy atom. The number of amides is 1. The molecule has 0 saturated heterocycles. The van der Waals surface area contributed by atoms with E-state index >= 15 is 0 Å². The molecule has 5 nitrogen and oxygen atoms in total. The lowest BCUT2D eigenvalue weighted by Crippen LogP contribution is -2.52. The summed E-state index contributed by atoms with van der Waals surface area (Å²) in [5, 5.41) is 9.04. The topological polar surface area (TPSA) is 66.8 Å². The van der Waals surface area contributed by atoms with Crippen LogP contribution in [0.2, 0.25) is 0 Å². The Morgan fingerprint density at radius 3 is 2.26 bits per heavy atom. The highest BCUT2D eigenvalue weighted by molar-refractivity contribution is 5.86. The number of carbonyl (C=O) groups is 2. The molecule has 1 rings (SSSR count). The van der Waals surface area contributed by atoms with Gasteiger partial charge in [0.25, 0.3) is 5.91 Å². The Bertz CT molecular complexity index is 465. The number of carbonyl (C=O) groups excluding carboxylic acids is 1. The molecule has 0 unspecified atom stereocenters. The molecule has 0 aliphatic carbocycles. The zero-order chi connectivity index (χ0) is 14.6. The van der Waals surface area contributed by atoms with Crippen LogP contribution in [0, 0.1) is 6.92 Å². The average molecular weight is 265 g/mol. The van der Waals surface area contributed by atoms with Crippen molar-refractivity contribution in [2.75, 3.05) is 13.7 Å². The maximum absolute atomic E-state index is 11.9. The summed E-state index contributed by atoms with van der Waals surface area (Å²) in [4.78, 5) is 24.1. The number of nitrogens with zero attached hydrogens (tertiary/aromatic N) is 1. The number of rotatable bonds is 5. The first kappa shape index (κ1) is 15.0. The fourth-order valence-corrected chi connectivity index (χ4v) is 1.33. The fraction of sp³-hybridized carbons (Fsp3) is 0.429. The molecule has 0 aliphatic rings.